The Morgan fingerprint density at radius 1 is 1.13 bits per heavy atom. The van der Waals surface area contributed by atoms with Crippen molar-refractivity contribution in [1.82, 2.24) is 29.5 Å². The topological polar surface area (TPSA) is 105 Å². The largest absolute Gasteiger partial charge is 0.434 e. The van der Waals surface area contributed by atoms with Gasteiger partial charge in [-0.1, -0.05) is 0 Å². The molecule has 12 heteroatoms. The lowest BCUT2D eigenvalue weighted by atomic mass is 9.90. The SMILES string of the molecule is C[C@@H](C(=O)Nc1cnc(Oc2ccc(F)cc2F)cn1)N1CCN(C(=O)C2CCn3nccc3C2)C(C)(C)C1. The number of hydrogen-bond acceptors (Lipinski definition) is 7. The number of halogens is 2. The van der Waals surface area contributed by atoms with E-state index < -0.39 is 23.2 Å². The van der Waals surface area contributed by atoms with Crippen molar-refractivity contribution < 1.29 is 23.1 Å². The van der Waals surface area contributed by atoms with E-state index >= 15 is 0 Å². The number of rotatable bonds is 6. The number of fused-ring (bicyclic) bond motifs is 1. The molecule has 3 aromatic rings. The zero-order chi connectivity index (χ0) is 27.7. The van der Waals surface area contributed by atoms with Crippen LogP contribution in [-0.2, 0) is 22.6 Å². The molecule has 1 aromatic carbocycles. The molecule has 1 N–H and O–H groups in total. The van der Waals surface area contributed by atoms with Gasteiger partial charge in [-0.25, -0.2) is 18.7 Å². The third kappa shape index (κ3) is 5.75. The maximum atomic E-state index is 13.8. The van der Waals surface area contributed by atoms with Gasteiger partial charge in [0.25, 0.3) is 0 Å². The summed E-state index contributed by atoms with van der Waals surface area (Å²) < 4.78 is 34.2. The first-order valence-corrected chi connectivity index (χ1v) is 12.9. The van der Waals surface area contributed by atoms with Gasteiger partial charge in [-0.15, -0.1) is 0 Å². The number of piperazine rings is 1. The minimum absolute atomic E-state index is 0.00323. The standard InChI is InChI=1S/C27H31F2N7O3/c1-17(25(37)33-23-14-31-24(15-30-23)39-22-5-4-19(28)13-21(22)29)34-10-11-35(27(2,3)16-34)26(38)18-7-9-36-20(12-18)6-8-32-36/h4-6,8,13-15,17-18H,7,9-12,16H2,1-3H3,(H,30,33,37)/t17-,18?/m0/s1. The van der Waals surface area contributed by atoms with E-state index in [1.165, 1.54) is 12.4 Å². The van der Waals surface area contributed by atoms with E-state index in [1.54, 1.807) is 6.20 Å². The number of hydrogen-bond donors (Lipinski definition) is 1. The minimum atomic E-state index is -0.862. The van der Waals surface area contributed by atoms with E-state index in [1.807, 2.05) is 36.4 Å². The lowest BCUT2D eigenvalue weighted by Gasteiger charge is -2.49. The van der Waals surface area contributed by atoms with Crippen LogP contribution in [0.25, 0.3) is 0 Å². The summed E-state index contributed by atoms with van der Waals surface area (Å²) in [5, 5.41) is 7.05. The first-order chi connectivity index (χ1) is 18.6. The van der Waals surface area contributed by atoms with Crippen LogP contribution in [0.4, 0.5) is 14.6 Å². The number of aromatic nitrogens is 4. The molecule has 0 aliphatic carbocycles. The first kappa shape index (κ1) is 26.7. The summed E-state index contributed by atoms with van der Waals surface area (Å²) in [6, 6.07) is 4.44. The summed E-state index contributed by atoms with van der Waals surface area (Å²) in [6.45, 7) is 8.26. The predicted octanol–water partition coefficient (Wildman–Crippen LogP) is 3.26. The highest BCUT2D eigenvalue weighted by Crippen LogP contribution is 2.29. The molecule has 2 aromatic heterocycles. The number of carbonyl (C=O) groups is 2. The molecule has 206 valence electrons. The Morgan fingerprint density at radius 2 is 1.95 bits per heavy atom. The summed E-state index contributed by atoms with van der Waals surface area (Å²) >= 11 is 0. The summed E-state index contributed by atoms with van der Waals surface area (Å²) in [7, 11) is 0. The second-order valence-electron chi connectivity index (χ2n) is 10.6. The van der Waals surface area contributed by atoms with Crippen molar-refractivity contribution in [2.24, 2.45) is 5.92 Å². The number of nitrogens with zero attached hydrogens (tertiary/aromatic N) is 6. The average molecular weight is 540 g/mol. The normalized spacial score (nSPS) is 19.7. The quantitative estimate of drug-likeness (QED) is 0.513. The number of aryl methyl sites for hydroxylation is 1. The van der Waals surface area contributed by atoms with Gasteiger partial charge in [0.1, 0.15) is 5.82 Å². The van der Waals surface area contributed by atoms with Crippen molar-refractivity contribution >= 4 is 17.6 Å². The van der Waals surface area contributed by atoms with Gasteiger partial charge in [0, 0.05) is 56.5 Å². The Morgan fingerprint density at radius 3 is 2.67 bits per heavy atom. The highest BCUT2D eigenvalue weighted by molar-refractivity contribution is 5.93. The van der Waals surface area contributed by atoms with Gasteiger partial charge >= 0.3 is 0 Å². The molecule has 1 fully saturated rings. The average Bonchev–Trinajstić information content (AvgIpc) is 3.38. The number of ether oxygens (including phenoxy) is 1. The number of nitrogens with one attached hydrogen (secondary N) is 1. The number of benzene rings is 1. The zero-order valence-corrected chi connectivity index (χ0v) is 22.1. The van der Waals surface area contributed by atoms with E-state index in [2.05, 4.69) is 25.3 Å². The van der Waals surface area contributed by atoms with E-state index in [9.17, 15) is 18.4 Å². The maximum absolute atomic E-state index is 13.8. The molecule has 2 amide bonds. The summed E-state index contributed by atoms with van der Waals surface area (Å²) in [6.07, 6.45) is 5.79. The van der Waals surface area contributed by atoms with Crippen molar-refractivity contribution in [3.05, 3.63) is 60.2 Å². The summed E-state index contributed by atoms with van der Waals surface area (Å²) in [4.78, 5) is 38.6. The van der Waals surface area contributed by atoms with Crippen LogP contribution in [0.1, 0.15) is 32.9 Å². The zero-order valence-electron chi connectivity index (χ0n) is 22.1. The minimum Gasteiger partial charge on any atom is -0.434 e. The molecule has 10 nitrogen and oxygen atoms in total. The van der Waals surface area contributed by atoms with Crippen LogP contribution < -0.4 is 10.1 Å². The smallest absolute Gasteiger partial charge is 0.242 e. The molecule has 4 heterocycles. The third-order valence-electron chi connectivity index (χ3n) is 7.41. The highest BCUT2D eigenvalue weighted by Gasteiger charge is 2.42. The van der Waals surface area contributed by atoms with E-state index in [4.69, 9.17) is 4.74 Å². The second kappa shape index (κ2) is 10.7. The molecule has 0 saturated carbocycles. The van der Waals surface area contributed by atoms with Crippen LogP contribution in [0.3, 0.4) is 0 Å². The highest BCUT2D eigenvalue weighted by atomic mass is 19.1. The van der Waals surface area contributed by atoms with Crippen LogP contribution >= 0.6 is 0 Å². The van der Waals surface area contributed by atoms with Crippen molar-refractivity contribution in [3.8, 4) is 11.6 Å². The van der Waals surface area contributed by atoms with Crippen molar-refractivity contribution in [3.63, 3.8) is 0 Å². The third-order valence-corrected chi connectivity index (χ3v) is 7.41. The van der Waals surface area contributed by atoms with E-state index in [0.717, 1.165) is 30.8 Å². The van der Waals surface area contributed by atoms with Crippen molar-refractivity contribution in [1.29, 1.82) is 0 Å². The fourth-order valence-corrected chi connectivity index (χ4v) is 5.23. The fraction of sp³-hybridized carbons (Fsp3) is 0.444. The molecule has 1 saturated heterocycles. The Kier molecular flexibility index (Phi) is 7.30. The van der Waals surface area contributed by atoms with Gasteiger partial charge in [-0.3, -0.25) is 19.2 Å². The Balaban J connectivity index is 1.16. The summed E-state index contributed by atoms with van der Waals surface area (Å²) in [5.41, 5.74) is 0.641. The van der Waals surface area contributed by atoms with Crippen LogP contribution in [0.15, 0.2) is 42.9 Å². The number of anilines is 1. The molecule has 39 heavy (non-hydrogen) atoms. The van der Waals surface area contributed by atoms with E-state index in [0.29, 0.717) is 32.1 Å². The Labute approximate surface area is 225 Å². The van der Waals surface area contributed by atoms with Crippen LogP contribution in [0, 0.1) is 17.6 Å². The van der Waals surface area contributed by atoms with E-state index in [-0.39, 0.29) is 35.2 Å². The molecule has 0 spiro atoms. The first-order valence-electron chi connectivity index (χ1n) is 12.9. The lowest BCUT2D eigenvalue weighted by molar-refractivity contribution is -0.147. The Bertz CT molecular complexity index is 1360. The Hall–Kier alpha value is -3.93. The van der Waals surface area contributed by atoms with Crippen LogP contribution in [0.2, 0.25) is 0 Å². The molecular weight excluding hydrogens is 508 g/mol. The number of carbonyl (C=O) groups excluding carboxylic acids is 2. The molecule has 0 radical (unpaired) electrons. The van der Waals surface area contributed by atoms with Crippen LogP contribution in [-0.4, -0.2) is 72.6 Å². The summed E-state index contributed by atoms with van der Waals surface area (Å²) in [5.74, 6) is -1.73. The lowest BCUT2D eigenvalue weighted by Crippen LogP contribution is -2.64. The fourth-order valence-electron chi connectivity index (χ4n) is 5.23. The molecule has 1 unspecified atom stereocenters. The van der Waals surface area contributed by atoms with Gasteiger partial charge in [0.05, 0.1) is 24.0 Å². The molecular formula is C27H31F2N7O3. The van der Waals surface area contributed by atoms with Crippen LogP contribution in [0.5, 0.6) is 11.6 Å². The molecule has 5 rings (SSSR count). The van der Waals surface area contributed by atoms with Gasteiger partial charge in [0.2, 0.25) is 17.7 Å². The van der Waals surface area contributed by atoms with Gasteiger partial charge in [0.15, 0.2) is 17.4 Å². The molecule has 0 bridgehead atoms. The molecule has 2 aliphatic heterocycles. The predicted molar refractivity (Wildman–Crippen MR) is 138 cm³/mol. The molecule has 2 aliphatic rings. The van der Waals surface area contributed by atoms with Crippen molar-refractivity contribution in [2.75, 3.05) is 25.0 Å². The number of amides is 2. The maximum Gasteiger partial charge on any atom is 0.242 e. The monoisotopic (exact) mass is 539 g/mol. The van der Waals surface area contributed by atoms with Gasteiger partial charge in [-0.05, 0) is 45.4 Å². The second-order valence-corrected chi connectivity index (χ2v) is 10.6. The van der Waals surface area contributed by atoms with Gasteiger partial charge < -0.3 is 15.0 Å². The van der Waals surface area contributed by atoms with Crippen molar-refractivity contribution in [2.45, 2.75) is 51.7 Å². The van der Waals surface area contributed by atoms with Gasteiger partial charge in [-0.2, -0.15) is 5.10 Å². The molecule has 2 atom stereocenters.